The Morgan fingerprint density at radius 3 is 2.62 bits per heavy atom. The van der Waals surface area contributed by atoms with Crippen molar-refractivity contribution < 1.29 is 4.79 Å². The van der Waals surface area contributed by atoms with Crippen molar-refractivity contribution >= 4 is 47.6 Å². The first-order valence-corrected chi connectivity index (χ1v) is 11.5. The Morgan fingerprint density at radius 2 is 1.97 bits per heavy atom. The molecule has 29 heavy (non-hydrogen) atoms. The summed E-state index contributed by atoms with van der Waals surface area (Å²) in [7, 11) is 0. The van der Waals surface area contributed by atoms with E-state index in [4.69, 9.17) is 4.99 Å². The highest BCUT2D eigenvalue weighted by Crippen LogP contribution is 2.45. The number of halogens is 1. The second kappa shape index (κ2) is 12.0. The number of nitrogens with zero attached hydrogens (tertiary/aromatic N) is 2. The maximum absolute atomic E-state index is 11.9. The average molecular weight is 531 g/mol. The van der Waals surface area contributed by atoms with Crippen molar-refractivity contribution in [2.45, 2.75) is 68.1 Å². The average Bonchev–Trinajstić information content (AvgIpc) is 3.37. The molecular formula is C22H35IN4OS. The highest BCUT2D eigenvalue weighted by atomic mass is 127. The zero-order chi connectivity index (χ0) is 19.8. The lowest BCUT2D eigenvalue weighted by Crippen LogP contribution is -2.45. The van der Waals surface area contributed by atoms with Crippen LogP contribution in [0.4, 0.5) is 0 Å². The minimum Gasteiger partial charge on any atom is -0.357 e. The van der Waals surface area contributed by atoms with Crippen molar-refractivity contribution in [2.24, 2.45) is 4.99 Å². The van der Waals surface area contributed by atoms with Crippen molar-refractivity contribution in [1.82, 2.24) is 15.5 Å². The molecule has 1 saturated carbocycles. The molecule has 1 atom stereocenters. The molecule has 1 aromatic carbocycles. The van der Waals surface area contributed by atoms with Gasteiger partial charge in [0.05, 0.1) is 6.54 Å². The molecule has 7 heteroatoms. The van der Waals surface area contributed by atoms with Crippen LogP contribution < -0.4 is 10.6 Å². The molecule has 0 radical (unpaired) electrons. The van der Waals surface area contributed by atoms with Gasteiger partial charge < -0.3 is 15.5 Å². The summed E-state index contributed by atoms with van der Waals surface area (Å²) in [5.41, 5.74) is 0. The van der Waals surface area contributed by atoms with E-state index in [1.165, 1.54) is 30.6 Å². The van der Waals surface area contributed by atoms with E-state index >= 15 is 0 Å². The smallest absolute Gasteiger partial charge is 0.222 e. The van der Waals surface area contributed by atoms with E-state index in [1.807, 2.05) is 23.6 Å². The van der Waals surface area contributed by atoms with Crippen molar-refractivity contribution in [3.8, 4) is 0 Å². The summed E-state index contributed by atoms with van der Waals surface area (Å²) < 4.78 is 0.198. The van der Waals surface area contributed by atoms with E-state index < -0.39 is 0 Å². The number of benzene rings is 1. The van der Waals surface area contributed by atoms with Crippen LogP contribution in [0.2, 0.25) is 0 Å². The third kappa shape index (κ3) is 7.05. The van der Waals surface area contributed by atoms with Gasteiger partial charge in [0.2, 0.25) is 5.91 Å². The first-order valence-electron chi connectivity index (χ1n) is 10.7. The van der Waals surface area contributed by atoms with Crippen LogP contribution in [-0.2, 0) is 4.79 Å². The van der Waals surface area contributed by atoms with Crippen LogP contribution in [0.15, 0.2) is 40.2 Å². The quantitative estimate of drug-likeness (QED) is 0.314. The van der Waals surface area contributed by atoms with Crippen molar-refractivity contribution in [3.63, 3.8) is 0 Å². The van der Waals surface area contributed by atoms with Gasteiger partial charge in [-0.1, -0.05) is 38.0 Å². The maximum atomic E-state index is 11.9. The molecule has 1 heterocycles. The summed E-state index contributed by atoms with van der Waals surface area (Å²) in [6.07, 6.45) is 6.58. The Bertz CT molecular complexity index is 664. The fraction of sp³-hybridized carbons (Fsp3) is 0.636. The fourth-order valence-corrected chi connectivity index (χ4v) is 5.53. The number of thioether (sulfide) groups is 1. The van der Waals surface area contributed by atoms with Crippen LogP contribution in [0.25, 0.3) is 0 Å². The van der Waals surface area contributed by atoms with Gasteiger partial charge in [0.1, 0.15) is 0 Å². The topological polar surface area (TPSA) is 56.7 Å². The summed E-state index contributed by atoms with van der Waals surface area (Å²) in [4.78, 5) is 20.2. The first-order chi connectivity index (χ1) is 13.6. The van der Waals surface area contributed by atoms with Gasteiger partial charge in [-0.15, -0.1) is 35.7 Å². The minimum atomic E-state index is 0. The summed E-state index contributed by atoms with van der Waals surface area (Å²) in [5.74, 6) is 1.13. The normalized spacial score (nSPS) is 21.0. The Kier molecular flexibility index (Phi) is 10.1. The summed E-state index contributed by atoms with van der Waals surface area (Å²) >= 11 is 1.99. The van der Waals surface area contributed by atoms with Gasteiger partial charge in [-0.05, 0) is 38.3 Å². The Balaban J connectivity index is 0.00000300. The van der Waals surface area contributed by atoms with Crippen LogP contribution in [-0.4, -0.2) is 53.7 Å². The molecule has 2 fully saturated rings. The van der Waals surface area contributed by atoms with E-state index in [0.29, 0.717) is 6.42 Å². The molecule has 2 N–H and O–H groups in total. The third-order valence-corrected chi connectivity index (χ3v) is 7.12. The van der Waals surface area contributed by atoms with Gasteiger partial charge in [0, 0.05) is 41.7 Å². The SMILES string of the molecule is CCNC(=NCC1(Sc2ccccc2)CCCC1)NC1CCN(C(=O)CC)C1.I. The largest absolute Gasteiger partial charge is 0.357 e. The number of nitrogens with one attached hydrogen (secondary N) is 2. The molecule has 1 aliphatic carbocycles. The van der Waals surface area contributed by atoms with E-state index in [0.717, 1.165) is 38.6 Å². The number of likely N-dealkylation sites (tertiary alicyclic amines) is 1. The van der Waals surface area contributed by atoms with Gasteiger partial charge >= 0.3 is 0 Å². The third-order valence-electron chi connectivity index (χ3n) is 5.65. The van der Waals surface area contributed by atoms with Crippen molar-refractivity contribution in [3.05, 3.63) is 30.3 Å². The van der Waals surface area contributed by atoms with Crippen LogP contribution in [0, 0.1) is 0 Å². The van der Waals surface area contributed by atoms with Crippen molar-refractivity contribution in [1.29, 1.82) is 0 Å². The second-order valence-electron chi connectivity index (χ2n) is 7.82. The second-order valence-corrected chi connectivity index (χ2v) is 9.37. The fourth-order valence-electron chi connectivity index (χ4n) is 4.12. The molecule has 0 spiro atoms. The number of carbonyl (C=O) groups excluding carboxylic acids is 1. The number of hydrogen-bond donors (Lipinski definition) is 2. The lowest BCUT2D eigenvalue weighted by Gasteiger charge is -2.27. The molecule has 0 aromatic heterocycles. The molecule has 1 aliphatic heterocycles. The molecule has 1 saturated heterocycles. The van der Waals surface area contributed by atoms with E-state index in [1.54, 1.807) is 0 Å². The number of amides is 1. The summed E-state index contributed by atoms with van der Waals surface area (Å²) in [6, 6.07) is 11.0. The summed E-state index contributed by atoms with van der Waals surface area (Å²) in [5, 5.41) is 6.97. The molecule has 162 valence electrons. The number of carbonyl (C=O) groups is 1. The molecular weight excluding hydrogens is 495 g/mol. The molecule has 2 aliphatic rings. The van der Waals surface area contributed by atoms with E-state index in [-0.39, 0.29) is 40.7 Å². The summed E-state index contributed by atoms with van der Waals surface area (Å²) in [6.45, 7) is 7.32. The van der Waals surface area contributed by atoms with Gasteiger partial charge in [-0.2, -0.15) is 0 Å². The van der Waals surface area contributed by atoms with E-state index in [9.17, 15) is 4.79 Å². The lowest BCUT2D eigenvalue weighted by atomic mass is 10.1. The van der Waals surface area contributed by atoms with Gasteiger partial charge in [-0.3, -0.25) is 9.79 Å². The predicted molar refractivity (Wildman–Crippen MR) is 133 cm³/mol. The molecule has 3 rings (SSSR count). The molecule has 1 amide bonds. The number of aliphatic imine (C=N–C) groups is 1. The van der Waals surface area contributed by atoms with Crippen LogP contribution in [0.3, 0.4) is 0 Å². The predicted octanol–water partition coefficient (Wildman–Crippen LogP) is 4.28. The Morgan fingerprint density at radius 1 is 1.24 bits per heavy atom. The molecule has 1 unspecified atom stereocenters. The molecule has 1 aromatic rings. The number of rotatable bonds is 7. The zero-order valence-electron chi connectivity index (χ0n) is 17.7. The number of guanidine groups is 1. The standard InChI is InChI=1S/C22H34N4OS.HI/c1-3-20(27)26-15-12-18(16-26)25-21(23-4-2)24-17-22(13-8-9-14-22)28-19-10-6-5-7-11-19;/h5-7,10-11,18H,3-4,8-9,12-17H2,1-2H3,(H2,23,24,25);1H. The maximum Gasteiger partial charge on any atom is 0.222 e. The molecule has 0 bridgehead atoms. The zero-order valence-corrected chi connectivity index (χ0v) is 20.8. The van der Waals surface area contributed by atoms with Crippen LogP contribution in [0.5, 0.6) is 0 Å². The van der Waals surface area contributed by atoms with E-state index in [2.05, 4.69) is 47.9 Å². The first kappa shape index (κ1) is 24.3. The highest BCUT2D eigenvalue weighted by molar-refractivity contribution is 14.0. The minimum absolute atomic E-state index is 0. The Hall–Kier alpha value is -0.960. The van der Waals surface area contributed by atoms with Crippen LogP contribution >= 0.6 is 35.7 Å². The molecule has 5 nitrogen and oxygen atoms in total. The van der Waals surface area contributed by atoms with Crippen molar-refractivity contribution in [2.75, 3.05) is 26.2 Å². The lowest BCUT2D eigenvalue weighted by molar-refractivity contribution is -0.129. The monoisotopic (exact) mass is 530 g/mol. The van der Waals surface area contributed by atoms with Crippen LogP contribution in [0.1, 0.15) is 52.4 Å². The van der Waals surface area contributed by atoms with Gasteiger partial charge in [0.25, 0.3) is 0 Å². The van der Waals surface area contributed by atoms with Gasteiger partial charge in [0.15, 0.2) is 5.96 Å². The number of hydrogen-bond acceptors (Lipinski definition) is 3. The van der Waals surface area contributed by atoms with Gasteiger partial charge in [-0.25, -0.2) is 0 Å². The Labute approximate surface area is 196 Å². The highest BCUT2D eigenvalue weighted by Gasteiger charge is 2.35.